The first-order valence-corrected chi connectivity index (χ1v) is 28.3. The molecule has 0 aliphatic rings. The molecule has 0 rings (SSSR count). The summed E-state index contributed by atoms with van der Waals surface area (Å²) >= 11 is 0. The van der Waals surface area contributed by atoms with Gasteiger partial charge in [0.2, 0.25) is 0 Å². The quantitative estimate of drug-likeness (QED) is 0.0262. The van der Waals surface area contributed by atoms with Gasteiger partial charge in [0, 0.05) is 19.3 Å². The van der Waals surface area contributed by atoms with Crippen LogP contribution in [0.2, 0.25) is 0 Å². The van der Waals surface area contributed by atoms with Crippen molar-refractivity contribution in [1.29, 1.82) is 0 Å². The molecular formula is C65H102O6. The van der Waals surface area contributed by atoms with Crippen LogP contribution < -0.4 is 0 Å². The lowest BCUT2D eigenvalue weighted by molar-refractivity contribution is -0.166. The molecule has 0 fully saturated rings. The second-order valence-corrected chi connectivity index (χ2v) is 18.0. The number of rotatable bonds is 49. The van der Waals surface area contributed by atoms with Crippen molar-refractivity contribution in [3.05, 3.63) is 146 Å². The zero-order valence-electron chi connectivity index (χ0n) is 45.4. The summed E-state index contributed by atoms with van der Waals surface area (Å²) in [7, 11) is 0. The number of unbranched alkanes of at least 4 members (excludes halogenated alkanes) is 14. The first-order chi connectivity index (χ1) is 35.0. The maximum Gasteiger partial charge on any atom is 0.306 e. The number of hydrogen-bond acceptors (Lipinski definition) is 6. The summed E-state index contributed by atoms with van der Waals surface area (Å²) < 4.78 is 16.7. The standard InChI is InChI=1S/C65H102O6/c1-4-7-10-13-16-19-22-25-26-27-28-29-30-31-32-33-34-35-36-37-38-41-43-46-49-52-55-58-64(67)70-61-62(71-65(68)59-56-53-50-47-44-40-24-21-18-15-12-9-6-3)60-69-63(66)57-54-51-48-45-42-39-23-20-17-14-11-8-5-2/h7-12,16-21,25-26,28-29,39-40,42,44,48,50-51,53,62H,4-6,13-15,22-24,27,30-38,41,43,45-47,49,52,54-61H2,1-3H3/b10-7-,11-8-,12-9-,19-16-,20-17-,21-18-,26-25-,29-28-,42-39-,44-40-,51-48-,53-50-. The smallest absolute Gasteiger partial charge is 0.306 e. The van der Waals surface area contributed by atoms with E-state index in [1.54, 1.807) is 0 Å². The molecule has 0 N–H and O–H groups in total. The van der Waals surface area contributed by atoms with E-state index in [-0.39, 0.29) is 38.0 Å². The predicted octanol–water partition coefficient (Wildman–Crippen LogP) is 19.2. The van der Waals surface area contributed by atoms with Crippen molar-refractivity contribution < 1.29 is 28.6 Å². The molecule has 0 aromatic rings. The minimum Gasteiger partial charge on any atom is -0.462 e. The van der Waals surface area contributed by atoms with Crippen LogP contribution in [0.25, 0.3) is 0 Å². The lowest BCUT2D eigenvalue weighted by atomic mass is 10.0. The number of carbonyl (C=O) groups excluding carboxylic acids is 3. The van der Waals surface area contributed by atoms with Crippen LogP contribution in [0.5, 0.6) is 0 Å². The van der Waals surface area contributed by atoms with Crippen LogP contribution >= 0.6 is 0 Å². The first kappa shape index (κ1) is 66.3. The van der Waals surface area contributed by atoms with Gasteiger partial charge in [0.15, 0.2) is 6.10 Å². The Morgan fingerprint density at radius 2 is 0.535 bits per heavy atom. The summed E-state index contributed by atoms with van der Waals surface area (Å²) in [5.74, 6) is -1.11. The van der Waals surface area contributed by atoms with Gasteiger partial charge in [-0.25, -0.2) is 0 Å². The SMILES string of the molecule is CC/C=C\C/C=C\C/C=C\C/C=C\CCCCCCCCCCCCCCCCC(=O)OCC(COC(=O)CC/C=C\C/C=C\C/C=C\C/C=C\CC)OC(=O)CC/C=C\C/C=C\C/C=C\C/C=C\CC. The van der Waals surface area contributed by atoms with Crippen molar-refractivity contribution >= 4 is 17.9 Å². The molecule has 0 aromatic carbocycles. The zero-order valence-corrected chi connectivity index (χ0v) is 45.4. The molecule has 0 aliphatic carbocycles. The second-order valence-electron chi connectivity index (χ2n) is 18.0. The van der Waals surface area contributed by atoms with Gasteiger partial charge in [-0.1, -0.05) is 244 Å². The number of esters is 3. The lowest BCUT2D eigenvalue weighted by Crippen LogP contribution is -2.30. The molecule has 6 heteroatoms. The van der Waals surface area contributed by atoms with Gasteiger partial charge in [-0.3, -0.25) is 14.4 Å². The minimum absolute atomic E-state index is 0.134. The fourth-order valence-corrected chi connectivity index (χ4v) is 7.23. The molecule has 0 spiro atoms. The Morgan fingerprint density at radius 3 is 0.873 bits per heavy atom. The monoisotopic (exact) mass is 979 g/mol. The maximum absolute atomic E-state index is 12.8. The summed E-state index contributed by atoms with van der Waals surface area (Å²) in [6.07, 6.45) is 83.1. The van der Waals surface area contributed by atoms with E-state index < -0.39 is 12.1 Å². The highest BCUT2D eigenvalue weighted by molar-refractivity contribution is 5.71. The fourth-order valence-electron chi connectivity index (χ4n) is 7.23. The molecule has 0 saturated carbocycles. The van der Waals surface area contributed by atoms with Crippen molar-refractivity contribution in [3.63, 3.8) is 0 Å². The highest BCUT2D eigenvalue weighted by atomic mass is 16.6. The van der Waals surface area contributed by atoms with Gasteiger partial charge < -0.3 is 14.2 Å². The molecule has 71 heavy (non-hydrogen) atoms. The largest absolute Gasteiger partial charge is 0.462 e. The van der Waals surface area contributed by atoms with Gasteiger partial charge in [0.1, 0.15) is 13.2 Å². The van der Waals surface area contributed by atoms with E-state index in [1.165, 1.54) is 77.0 Å². The van der Waals surface area contributed by atoms with Gasteiger partial charge in [0.05, 0.1) is 0 Å². The number of carbonyl (C=O) groups is 3. The van der Waals surface area contributed by atoms with Crippen molar-refractivity contribution in [2.75, 3.05) is 13.2 Å². The molecule has 0 aliphatic heterocycles. The van der Waals surface area contributed by atoms with E-state index in [0.29, 0.717) is 19.3 Å². The van der Waals surface area contributed by atoms with E-state index in [4.69, 9.17) is 14.2 Å². The van der Waals surface area contributed by atoms with Crippen LogP contribution in [0.15, 0.2) is 146 Å². The summed E-state index contributed by atoms with van der Waals surface area (Å²) in [5.41, 5.74) is 0. The van der Waals surface area contributed by atoms with Crippen LogP contribution in [0.1, 0.15) is 226 Å². The number of allylic oxidation sites excluding steroid dienone is 24. The van der Waals surface area contributed by atoms with E-state index in [2.05, 4.69) is 142 Å². The van der Waals surface area contributed by atoms with Gasteiger partial charge in [-0.05, 0) is 109 Å². The summed E-state index contributed by atoms with van der Waals surface area (Å²) in [4.78, 5) is 38.0. The van der Waals surface area contributed by atoms with E-state index in [1.807, 2.05) is 24.3 Å². The highest BCUT2D eigenvalue weighted by Gasteiger charge is 2.19. The lowest BCUT2D eigenvalue weighted by Gasteiger charge is -2.18. The fraction of sp³-hybridized carbons (Fsp3) is 0.585. The van der Waals surface area contributed by atoms with E-state index in [9.17, 15) is 14.4 Å². The van der Waals surface area contributed by atoms with E-state index >= 15 is 0 Å². The molecule has 1 unspecified atom stereocenters. The second kappa shape index (κ2) is 57.9. The van der Waals surface area contributed by atoms with Crippen molar-refractivity contribution in [3.8, 4) is 0 Å². The Balaban J connectivity index is 4.35. The van der Waals surface area contributed by atoms with Crippen LogP contribution in [-0.4, -0.2) is 37.2 Å². The van der Waals surface area contributed by atoms with Gasteiger partial charge >= 0.3 is 17.9 Å². The molecule has 0 radical (unpaired) electrons. The van der Waals surface area contributed by atoms with Crippen molar-refractivity contribution in [2.45, 2.75) is 232 Å². The third-order valence-corrected chi connectivity index (χ3v) is 11.3. The number of ether oxygens (including phenoxy) is 3. The normalized spacial score (nSPS) is 13.2. The van der Waals surface area contributed by atoms with Crippen LogP contribution in [0.3, 0.4) is 0 Å². The minimum atomic E-state index is -0.850. The maximum atomic E-state index is 12.8. The molecule has 0 aromatic heterocycles. The van der Waals surface area contributed by atoms with Gasteiger partial charge in [-0.15, -0.1) is 0 Å². The summed E-state index contributed by atoms with van der Waals surface area (Å²) in [5, 5.41) is 0. The molecule has 1 atom stereocenters. The Bertz CT molecular complexity index is 1590. The Hall–Kier alpha value is -4.71. The molecule has 0 saturated heterocycles. The predicted molar refractivity (Wildman–Crippen MR) is 306 cm³/mol. The highest BCUT2D eigenvalue weighted by Crippen LogP contribution is 2.15. The third kappa shape index (κ3) is 56.1. The Morgan fingerprint density at radius 1 is 0.282 bits per heavy atom. The van der Waals surface area contributed by atoms with Gasteiger partial charge in [-0.2, -0.15) is 0 Å². The molecular weight excluding hydrogens is 877 g/mol. The van der Waals surface area contributed by atoms with Crippen LogP contribution in [0.4, 0.5) is 0 Å². The average molecular weight is 980 g/mol. The van der Waals surface area contributed by atoms with Crippen LogP contribution in [0, 0.1) is 0 Å². The topological polar surface area (TPSA) is 78.9 Å². The molecule has 398 valence electrons. The first-order valence-electron chi connectivity index (χ1n) is 28.3. The third-order valence-electron chi connectivity index (χ3n) is 11.3. The van der Waals surface area contributed by atoms with Gasteiger partial charge in [0.25, 0.3) is 0 Å². The van der Waals surface area contributed by atoms with Crippen molar-refractivity contribution in [1.82, 2.24) is 0 Å². The number of hydrogen-bond donors (Lipinski definition) is 0. The van der Waals surface area contributed by atoms with Crippen molar-refractivity contribution in [2.24, 2.45) is 0 Å². The Labute approximate surface area is 436 Å². The molecule has 0 amide bonds. The summed E-state index contributed by atoms with van der Waals surface area (Å²) in [6.45, 7) is 6.15. The summed E-state index contributed by atoms with van der Waals surface area (Å²) in [6, 6.07) is 0. The molecule has 0 heterocycles. The van der Waals surface area contributed by atoms with Crippen LogP contribution in [-0.2, 0) is 28.6 Å². The molecule has 6 nitrogen and oxygen atoms in total. The van der Waals surface area contributed by atoms with E-state index in [0.717, 1.165) is 96.3 Å². The molecule has 0 bridgehead atoms. The average Bonchev–Trinajstić information content (AvgIpc) is 3.37. The zero-order chi connectivity index (χ0) is 51.4. The Kier molecular flexibility index (Phi) is 54.0.